The second-order valence-electron chi connectivity index (χ2n) is 5.56. The summed E-state index contributed by atoms with van der Waals surface area (Å²) >= 11 is 3.48. The van der Waals surface area contributed by atoms with Gasteiger partial charge in [-0.15, -0.1) is 0 Å². The molecule has 1 amide bonds. The molecule has 2 N–H and O–H groups in total. The molecule has 2 aromatic rings. The predicted octanol–water partition coefficient (Wildman–Crippen LogP) is 4.58. The van der Waals surface area contributed by atoms with Crippen molar-refractivity contribution in [3.05, 3.63) is 46.4 Å². The van der Waals surface area contributed by atoms with Crippen LogP contribution in [0.2, 0.25) is 0 Å². The van der Waals surface area contributed by atoms with E-state index in [1.807, 2.05) is 0 Å². The number of hydrogen-bond donors (Lipinski definition) is 2. The highest BCUT2D eigenvalue weighted by Gasteiger charge is 2.10. The van der Waals surface area contributed by atoms with Gasteiger partial charge in [-0.3, -0.25) is 4.79 Å². The van der Waals surface area contributed by atoms with Gasteiger partial charge in [0.15, 0.2) is 0 Å². The van der Waals surface area contributed by atoms with Gasteiger partial charge in [0.05, 0.1) is 0 Å². The first-order chi connectivity index (χ1) is 11.2. The lowest BCUT2D eigenvalue weighted by Crippen LogP contribution is -2.29. The Balaban J connectivity index is 0.000000215. The molecule has 23 heavy (non-hydrogen) atoms. The van der Waals surface area contributed by atoms with Crippen molar-refractivity contribution >= 4 is 33.1 Å². The summed E-state index contributed by atoms with van der Waals surface area (Å²) in [4.78, 5) is 9.96. The molecule has 3 nitrogen and oxygen atoms in total. The van der Waals surface area contributed by atoms with Crippen LogP contribution < -0.4 is 5.32 Å². The fourth-order valence-electron chi connectivity index (χ4n) is 2.82. The number of fused-ring (bicyclic) bond motifs is 1. The largest absolute Gasteiger partial charge is 0.400 e. The first kappa shape index (κ1) is 19.7. The Kier molecular flexibility index (Phi) is 9.57. The number of benzene rings is 2. The predicted molar refractivity (Wildman–Crippen MR) is 101 cm³/mol. The summed E-state index contributed by atoms with van der Waals surface area (Å²) in [5.41, 5.74) is 1.32. The Morgan fingerprint density at radius 3 is 2.43 bits per heavy atom. The Morgan fingerprint density at radius 2 is 1.78 bits per heavy atom. The maximum absolute atomic E-state index is 9.96. The molecule has 2 aromatic carbocycles. The third-order valence-electron chi connectivity index (χ3n) is 3.94. The quantitative estimate of drug-likeness (QED) is 0.749. The van der Waals surface area contributed by atoms with Crippen molar-refractivity contribution in [3.8, 4) is 0 Å². The van der Waals surface area contributed by atoms with Gasteiger partial charge in [-0.25, -0.2) is 0 Å². The maximum atomic E-state index is 9.96. The molecule has 126 valence electrons. The molecule has 3 rings (SSSR count). The van der Waals surface area contributed by atoms with Crippen LogP contribution in [0.5, 0.6) is 0 Å². The first-order valence-corrected chi connectivity index (χ1v) is 8.79. The zero-order chi connectivity index (χ0) is 17.1. The number of aryl methyl sites for hydroxylation is 1. The van der Waals surface area contributed by atoms with E-state index in [0.29, 0.717) is 6.04 Å². The van der Waals surface area contributed by atoms with Crippen molar-refractivity contribution in [3.63, 3.8) is 0 Å². The van der Waals surface area contributed by atoms with Crippen molar-refractivity contribution < 1.29 is 9.90 Å². The third kappa shape index (κ3) is 6.71. The molecule has 0 radical (unpaired) electrons. The molecular formula is C19H26BrNO2. The molecular weight excluding hydrogens is 354 g/mol. The summed E-state index contributed by atoms with van der Waals surface area (Å²) in [5, 5.41) is 12.4. The summed E-state index contributed by atoms with van der Waals surface area (Å²) in [5.74, 6) is 0. The van der Waals surface area contributed by atoms with E-state index in [4.69, 9.17) is 5.11 Å². The minimum Gasteiger partial charge on any atom is -0.400 e. The highest BCUT2D eigenvalue weighted by atomic mass is 79.9. The topological polar surface area (TPSA) is 49.3 Å². The summed E-state index contributed by atoms with van der Waals surface area (Å²) in [6, 6.07) is 13.2. The number of rotatable bonds is 2. The van der Waals surface area contributed by atoms with Crippen LogP contribution in [0.25, 0.3) is 10.8 Å². The number of carbonyl (C=O) groups is 1. The summed E-state index contributed by atoms with van der Waals surface area (Å²) in [6.45, 7) is 2.13. The van der Waals surface area contributed by atoms with Gasteiger partial charge < -0.3 is 10.4 Å². The second-order valence-corrected chi connectivity index (χ2v) is 6.48. The molecule has 0 heterocycles. The smallest absolute Gasteiger partial charge is 0.207 e. The van der Waals surface area contributed by atoms with E-state index in [1.165, 1.54) is 48.4 Å². The summed E-state index contributed by atoms with van der Waals surface area (Å²) < 4.78 is 1.15. The third-order valence-corrected chi connectivity index (χ3v) is 4.40. The van der Waals surface area contributed by atoms with Crippen LogP contribution in [-0.4, -0.2) is 24.7 Å². The number of aliphatic hydroxyl groups excluding tert-OH is 1. The number of aliphatic hydroxyl groups is 1. The number of amides is 1. The monoisotopic (exact) mass is 379 g/mol. The molecule has 0 bridgehead atoms. The standard InChI is InChI=1S/C11H9Br.C7H13NO.CH4O/c1-8-6-10(12)7-9-4-2-3-5-11(8)9;9-6-8-7-4-2-1-3-5-7;1-2/h2-7H,1H3;6-7H,1-5H2,(H,8,9);2H,1H3. The molecule has 0 spiro atoms. The van der Waals surface area contributed by atoms with E-state index in [0.717, 1.165) is 18.0 Å². The lowest BCUT2D eigenvalue weighted by atomic mass is 9.96. The van der Waals surface area contributed by atoms with Crippen molar-refractivity contribution in [1.29, 1.82) is 0 Å². The van der Waals surface area contributed by atoms with Crippen LogP contribution >= 0.6 is 15.9 Å². The Morgan fingerprint density at radius 1 is 1.13 bits per heavy atom. The first-order valence-electron chi connectivity index (χ1n) is 8.00. The van der Waals surface area contributed by atoms with Gasteiger partial charge in [-0.05, 0) is 48.2 Å². The van der Waals surface area contributed by atoms with E-state index < -0.39 is 0 Å². The molecule has 0 aliphatic heterocycles. The Labute approximate surface area is 147 Å². The average molecular weight is 380 g/mol. The number of halogens is 1. The number of hydrogen-bond acceptors (Lipinski definition) is 2. The van der Waals surface area contributed by atoms with E-state index in [9.17, 15) is 4.79 Å². The molecule has 1 fully saturated rings. The van der Waals surface area contributed by atoms with Gasteiger partial charge in [-0.2, -0.15) is 0 Å². The Hall–Kier alpha value is -1.39. The molecule has 1 aliphatic carbocycles. The van der Waals surface area contributed by atoms with Crippen LogP contribution in [0.3, 0.4) is 0 Å². The van der Waals surface area contributed by atoms with Crippen LogP contribution in [0.15, 0.2) is 40.9 Å². The molecule has 0 unspecified atom stereocenters. The van der Waals surface area contributed by atoms with E-state index in [-0.39, 0.29) is 0 Å². The van der Waals surface area contributed by atoms with Crippen molar-refractivity contribution in [1.82, 2.24) is 5.32 Å². The second kappa shape index (κ2) is 11.2. The highest BCUT2D eigenvalue weighted by molar-refractivity contribution is 9.10. The SMILES string of the molecule is CO.Cc1cc(Br)cc2ccccc12.O=CNC1CCCCC1. The van der Waals surface area contributed by atoms with Crippen LogP contribution in [0.4, 0.5) is 0 Å². The maximum Gasteiger partial charge on any atom is 0.207 e. The van der Waals surface area contributed by atoms with E-state index in [1.54, 1.807) is 0 Å². The van der Waals surface area contributed by atoms with E-state index in [2.05, 4.69) is 64.6 Å². The highest BCUT2D eigenvalue weighted by Crippen LogP contribution is 2.23. The van der Waals surface area contributed by atoms with Crippen LogP contribution in [-0.2, 0) is 4.79 Å². The molecule has 1 aliphatic rings. The molecule has 0 atom stereocenters. The lowest BCUT2D eigenvalue weighted by Gasteiger charge is -2.19. The minimum absolute atomic E-state index is 0.483. The van der Waals surface area contributed by atoms with Gasteiger partial charge >= 0.3 is 0 Å². The number of nitrogens with one attached hydrogen (secondary N) is 1. The van der Waals surface area contributed by atoms with E-state index >= 15 is 0 Å². The van der Waals surface area contributed by atoms with Crippen LogP contribution in [0, 0.1) is 6.92 Å². The van der Waals surface area contributed by atoms with Gasteiger partial charge in [0.25, 0.3) is 0 Å². The summed E-state index contributed by atoms with van der Waals surface area (Å²) in [7, 11) is 1.00. The van der Waals surface area contributed by atoms with Gasteiger partial charge in [0.2, 0.25) is 6.41 Å². The zero-order valence-electron chi connectivity index (χ0n) is 13.9. The molecule has 0 aromatic heterocycles. The summed E-state index contributed by atoms with van der Waals surface area (Å²) in [6.07, 6.45) is 7.08. The zero-order valence-corrected chi connectivity index (χ0v) is 15.5. The molecule has 4 heteroatoms. The van der Waals surface area contributed by atoms with Crippen molar-refractivity contribution in [2.24, 2.45) is 0 Å². The Bertz CT molecular complexity index is 595. The van der Waals surface area contributed by atoms with Crippen molar-refractivity contribution in [2.45, 2.75) is 45.1 Å². The fraction of sp³-hybridized carbons (Fsp3) is 0.421. The van der Waals surface area contributed by atoms with Gasteiger partial charge in [-0.1, -0.05) is 59.5 Å². The molecule has 1 saturated carbocycles. The van der Waals surface area contributed by atoms with Crippen molar-refractivity contribution in [2.75, 3.05) is 7.11 Å². The van der Waals surface area contributed by atoms with Gasteiger partial charge in [0.1, 0.15) is 0 Å². The average Bonchev–Trinajstić information content (AvgIpc) is 2.58. The van der Waals surface area contributed by atoms with Gasteiger partial charge in [0, 0.05) is 17.6 Å². The fourth-order valence-corrected chi connectivity index (χ4v) is 3.41. The number of carbonyl (C=O) groups excluding carboxylic acids is 1. The normalized spacial score (nSPS) is 14.1. The minimum atomic E-state index is 0.483. The molecule has 0 saturated heterocycles. The lowest BCUT2D eigenvalue weighted by molar-refractivity contribution is -0.110. The van der Waals surface area contributed by atoms with Crippen LogP contribution in [0.1, 0.15) is 37.7 Å².